The Morgan fingerprint density at radius 3 is 2.96 bits per heavy atom. The highest BCUT2D eigenvalue weighted by Crippen LogP contribution is 2.49. The maximum Gasteiger partial charge on any atom is 0.387 e. The SMILES string of the molecule is [2H]C([2H])([2H])c1c(F)c(OC(F)F)c(Cl)c2c1[C@H]1C[C@@H](NC2=O)c2nc3ccccc3n21. The Morgan fingerprint density at radius 1 is 1.43 bits per heavy atom. The maximum atomic E-state index is 15.3. The minimum absolute atomic E-state index is 0.175. The van der Waals surface area contributed by atoms with Gasteiger partial charge in [-0.15, -0.1) is 0 Å². The Labute approximate surface area is 166 Å². The van der Waals surface area contributed by atoms with Crippen LogP contribution in [-0.4, -0.2) is 22.1 Å². The van der Waals surface area contributed by atoms with Crippen LogP contribution in [0.25, 0.3) is 11.0 Å². The molecule has 3 aromatic rings. The van der Waals surface area contributed by atoms with Gasteiger partial charge in [-0.2, -0.15) is 8.78 Å². The first-order valence-corrected chi connectivity index (χ1v) is 8.75. The van der Waals surface area contributed by atoms with E-state index in [0.29, 0.717) is 16.9 Å². The second-order valence-corrected chi connectivity index (χ2v) is 6.98. The van der Waals surface area contributed by atoms with E-state index >= 15 is 4.39 Å². The van der Waals surface area contributed by atoms with Gasteiger partial charge in [-0.3, -0.25) is 4.79 Å². The molecule has 2 bridgehead atoms. The summed E-state index contributed by atoms with van der Waals surface area (Å²) in [4.78, 5) is 17.5. The number of aromatic nitrogens is 2. The van der Waals surface area contributed by atoms with Crippen LogP contribution < -0.4 is 10.1 Å². The highest BCUT2D eigenvalue weighted by Gasteiger charge is 2.43. The first-order valence-electron chi connectivity index (χ1n) is 9.87. The number of halogens is 4. The molecule has 9 heteroatoms. The van der Waals surface area contributed by atoms with Crippen molar-refractivity contribution in [3.8, 4) is 5.75 Å². The topological polar surface area (TPSA) is 56.1 Å². The average Bonchev–Trinajstić information content (AvgIpc) is 3.16. The van der Waals surface area contributed by atoms with E-state index in [1.165, 1.54) is 0 Å². The molecule has 2 aliphatic heterocycles. The summed E-state index contributed by atoms with van der Waals surface area (Å²) in [6.07, 6.45) is 0.208. The number of nitrogens with one attached hydrogen (secondary N) is 1. The summed E-state index contributed by atoms with van der Waals surface area (Å²) in [6.45, 7) is -6.54. The number of hydrogen-bond acceptors (Lipinski definition) is 3. The summed E-state index contributed by atoms with van der Waals surface area (Å²) >= 11 is 6.15. The molecule has 5 rings (SSSR count). The van der Waals surface area contributed by atoms with Gasteiger partial charge in [0.25, 0.3) is 5.91 Å². The molecule has 0 spiro atoms. The molecule has 1 aromatic heterocycles. The molecule has 0 saturated heterocycles. The third kappa shape index (κ3) is 2.21. The van der Waals surface area contributed by atoms with Crippen LogP contribution in [0.3, 0.4) is 0 Å². The van der Waals surface area contributed by atoms with Crippen LogP contribution in [0, 0.1) is 12.7 Å². The summed E-state index contributed by atoms with van der Waals surface area (Å²) in [5.41, 5.74) is -0.154. The largest absolute Gasteiger partial charge is 0.430 e. The van der Waals surface area contributed by atoms with Gasteiger partial charge in [0.1, 0.15) is 5.82 Å². The van der Waals surface area contributed by atoms with Gasteiger partial charge in [0.05, 0.1) is 33.7 Å². The third-order valence-electron chi connectivity index (χ3n) is 5.15. The zero-order chi connectivity index (χ0) is 22.2. The van der Waals surface area contributed by atoms with E-state index in [-0.39, 0.29) is 17.5 Å². The molecule has 2 atom stereocenters. The van der Waals surface area contributed by atoms with Gasteiger partial charge < -0.3 is 14.6 Å². The zero-order valence-electron chi connectivity index (χ0n) is 17.0. The van der Waals surface area contributed by atoms with Crippen LogP contribution in [-0.2, 0) is 0 Å². The van der Waals surface area contributed by atoms with E-state index in [0.717, 1.165) is 0 Å². The molecular formula is C19H13ClF3N3O2. The Bertz CT molecular complexity index is 1260. The van der Waals surface area contributed by atoms with Crippen molar-refractivity contribution in [2.75, 3.05) is 0 Å². The predicted octanol–water partition coefficient (Wildman–Crippen LogP) is 4.52. The lowest BCUT2D eigenvalue weighted by Crippen LogP contribution is -2.29. The van der Waals surface area contributed by atoms with E-state index in [9.17, 15) is 13.6 Å². The van der Waals surface area contributed by atoms with Gasteiger partial charge in [0, 0.05) is 4.11 Å². The van der Waals surface area contributed by atoms with Gasteiger partial charge >= 0.3 is 6.61 Å². The van der Waals surface area contributed by atoms with Gasteiger partial charge in [-0.1, -0.05) is 23.7 Å². The predicted molar refractivity (Wildman–Crippen MR) is 95.5 cm³/mol. The molecular weight excluding hydrogens is 395 g/mol. The van der Waals surface area contributed by atoms with Crippen molar-refractivity contribution in [3.05, 3.63) is 57.6 Å². The number of imidazole rings is 1. The average molecular weight is 411 g/mol. The van der Waals surface area contributed by atoms with Crippen molar-refractivity contribution in [1.29, 1.82) is 0 Å². The molecule has 1 amide bonds. The van der Waals surface area contributed by atoms with Gasteiger partial charge in [-0.25, -0.2) is 9.37 Å². The summed E-state index contributed by atoms with van der Waals surface area (Å²) in [6, 6.07) is 5.67. The normalized spacial score (nSPS) is 22.2. The number of amides is 1. The Kier molecular flexibility index (Phi) is 3.00. The second-order valence-electron chi connectivity index (χ2n) is 6.61. The second kappa shape index (κ2) is 5.88. The number of para-hydroxylation sites is 2. The molecule has 144 valence electrons. The fourth-order valence-electron chi connectivity index (χ4n) is 4.10. The van der Waals surface area contributed by atoms with Crippen LogP contribution in [0.1, 0.15) is 49.9 Å². The number of fused-ring (bicyclic) bond motifs is 9. The van der Waals surface area contributed by atoms with Gasteiger partial charge in [0.15, 0.2) is 11.6 Å². The van der Waals surface area contributed by atoms with Gasteiger partial charge in [-0.05, 0) is 36.5 Å². The highest BCUT2D eigenvalue weighted by molar-refractivity contribution is 6.35. The van der Waals surface area contributed by atoms with E-state index in [1.807, 2.05) is 0 Å². The molecule has 3 heterocycles. The van der Waals surface area contributed by atoms with Crippen molar-refractivity contribution < 1.29 is 26.8 Å². The summed E-state index contributed by atoms with van der Waals surface area (Å²) in [5, 5.41) is 2.01. The van der Waals surface area contributed by atoms with Crippen molar-refractivity contribution in [2.45, 2.75) is 32.0 Å². The number of benzene rings is 2. The first kappa shape index (κ1) is 14.3. The van der Waals surface area contributed by atoms with E-state index in [1.54, 1.807) is 28.8 Å². The number of rotatable bonds is 2. The summed E-state index contributed by atoms with van der Waals surface area (Å²) in [5.74, 6) is -3.01. The minimum Gasteiger partial charge on any atom is -0.430 e. The molecule has 0 saturated carbocycles. The lowest BCUT2D eigenvalue weighted by molar-refractivity contribution is -0.0522. The Morgan fingerprint density at radius 2 is 2.21 bits per heavy atom. The van der Waals surface area contributed by atoms with Crippen molar-refractivity contribution >= 4 is 28.5 Å². The lowest BCUT2D eigenvalue weighted by Gasteiger charge is -2.23. The molecule has 0 fully saturated rings. The number of carbonyl (C=O) groups is 1. The molecule has 0 unspecified atom stereocenters. The van der Waals surface area contributed by atoms with Crippen molar-refractivity contribution in [3.63, 3.8) is 0 Å². The summed E-state index contributed by atoms with van der Waals surface area (Å²) in [7, 11) is 0. The minimum atomic E-state index is -3.47. The number of ether oxygens (including phenoxy) is 1. The first-order chi connectivity index (χ1) is 14.6. The van der Waals surface area contributed by atoms with Crippen LogP contribution in [0.2, 0.25) is 5.02 Å². The molecule has 2 aromatic carbocycles. The maximum absolute atomic E-state index is 15.3. The smallest absolute Gasteiger partial charge is 0.387 e. The van der Waals surface area contributed by atoms with Crippen LogP contribution in [0.5, 0.6) is 5.75 Å². The monoisotopic (exact) mass is 410 g/mol. The van der Waals surface area contributed by atoms with Crippen LogP contribution in [0.4, 0.5) is 13.2 Å². The molecule has 0 radical (unpaired) electrons. The van der Waals surface area contributed by atoms with E-state index in [2.05, 4.69) is 15.0 Å². The third-order valence-corrected chi connectivity index (χ3v) is 5.51. The molecule has 5 nitrogen and oxygen atoms in total. The van der Waals surface area contributed by atoms with Crippen molar-refractivity contribution in [2.24, 2.45) is 0 Å². The number of carbonyl (C=O) groups excluding carboxylic acids is 1. The number of nitrogens with zero attached hydrogens (tertiary/aromatic N) is 2. The van der Waals surface area contributed by atoms with Crippen molar-refractivity contribution in [1.82, 2.24) is 14.9 Å². The lowest BCUT2D eigenvalue weighted by atomic mass is 9.93. The zero-order valence-corrected chi connectivity index (χ0v) is 14.7. The quantitative estimate of drug-likeness (QED) is 0.676. The summed E-state index contributed by atoms with van der Waals surface area (Å²) < 4.78 is 70.7. The standard InChI is InChI=1S/C19H13ClF3N3O2/c1-7-12-11-6-9(17-24-8-4-2-3-5-10(8)26(11)17)25-18(27)13(12)14(20)16(15(7)21)28-19(22)23/h2-5,9,11,19H,6H2,1H3,(H,25,27)/t9-,11-/m1/s1/i1D3. The molecule has 28 heavy (non-hydrogen) atoms. The van der Waals surface area contributed by atoms with Crippen LogP contribution >= 0.6 is 11.6 Å². The van der Waals surface area contributed by atoms with E-state index < -0.39 is 53.6 Å². The fraction of sp³-hybridized carbons (Fsp3) is 0.263. The van der Waals surface area contributed by atoms with Gasteiger partial charge in [0.2, 0.25) is 0 Å². The molecule has 0 aliphatic carbocycles. The fourth-order valence-corrected chi connectivity index (χ4v) is 4.42. The highest BCUT2D eigenvalue weighted by atomic mass is 35.5. The number of hydrogen-bond donors (Lipinski definition) is 1. The Balaban J connectivity index is 1.89. The Hall–Kier alpha value is -2.74. The number of alkyl halides is 2. The molecule has 2 aliphatic rings. The van der Waals surface area contributed by atoms with Crippen LogP contribution in [0.15, 0.2) is 24.3 Å². The van der Waals surface area contributed by atoms with E-state index in [4.69, 9.17) is 15.7 Å². The molecule has 1 N–H and O–H groups in total.